The maximum Gasteiger partial charge on any atom is 0.417 e. The van der Waals surface area contributed by atoms with Gasteiger partial charge in [0.15, 0.2) is 0 Å². The highest BCUT2D eigenvalue weighted by molar-refractivity contribution is 5.90. The summed E-state index contributed by atoms with van der Waals surface area (Å²) in [6.07, 6.45) is -3.08. The van der Waals surface area contributed by atoms with Crippen LogP contribution in [0.4, 0.5) is 18.9 Å². The molecule has 1 saturated carbocycles. The van der Waals surface area contributed by atoms with E-state index >= 15 is 0 Å². The number of methoxy groups -OCH3 is 1. The van der Waals surface area contributed by atoms with E-state index in [9.17, 15) is 22.8 Å². The molecular formula is C20H23F3N4O3. The summed E-state index contributed by atoms with van der Waals surface area (Å²) >= 11 is 0. The van der Waals surface area contributed by atoms with Gasteiger partial charge in [0.1, 0.15) is 6.04 Å². The Morgan fingerprint density at radius 3 is 2.63 bits per heavy atom. The smallest absolute Gasteiger partial charge is 0.383 e. The van der Waals surface area contributed by atoms with Crippen molar-refractivity contribution < 1.29 is 27.5 Å². The predicted molar refractivity (Wildman–Crippen MR) is 101 cm³/mol. The number of hydrogen-bond acceptors (Lipinski definition) is 5. The zero-order valence-electron chi connectivity index (χ0n) is 16.5. The number of halogens is 3. The maximum absolute atomic E-state index is 13.3. The molecule has 162 valence electrons. The van der Waals surface area contributed by atoms with Gasteiger partial charge in [0.25, 0.3) is 0 Å². The van der Waals surface area contributed by atoms with E-state index in [-0.39, 0.29) is 43.1 Å². The number of alkyl halides is 3. The highest BCUT2D eigenvalue weighted by Crippen LogP contribution is 2.36. The predicted octanol–water partition coefficient (Wildman–Crippen LogP) is 1.77. The molecule has 0 radical (unpaired) electrons. The fraction of sp³-hybridized carbons (Fsp3) is 0.550. The Morgan fingerprint density at radius 2 is 2.03 bits per heavy atom. The Balaban J connectivity index is 1.83. The first-order valence-electron chi connectivity index (χ1n) is 9.69. The molecular weight excluding hydrogens is 401 g/mol. The number of nitriles is 1. The highest BCUT2D eigenvalue weighted by atomic mass is 19.4. The fourth-order valence-electron chi connectivity index (χ4n) is 3.53. The Morgan fingerprint density at radius 1 is 1.30 bits per heavy atom. The molecule has 1 aliphatic carbocycles. The van der Waals surface area contributed by atoms with E-state index in [0.717, 1.165) is 25.0 Å². The van der Waals surface area contributed by atoms with E-state index in [1.807, 2.05) is 0 Å². The van der Waals surface area contributed by atoms with Gasteiger partial charge in [0.2, 0.25) is 11.8 Å². The molecule has 1 aliphatic heterocycles. The first-order chi connectivity index (χ1) is 14.3. The molecule has 7 nitrogen and oxygen atoms in total. The molecule has 1 heterocycles. The first kappa shape index (κ1) is 21.9. The zero-order chi connectivity index (χ0) is 21.9. The van der Waals surface area contributed by atoms with Crippen molar-refractivity contribution in [2.24, 2.45) is 5.92 Å². The van der Waals surface area contributed by atoms with Crippen LogP contribution >= 0.6 is 0 Å². The van der Waals surface area contributed by atoms with E-state index in [4.69, 9.17) is 10.00 Å². The van der Waals surface area contributed by atoms with E-state index < -0.39 is 23.3 Å². The number of rotatable bonds is 6. The van der Waals surface area contributed by atoms with Gasteiger partial charge in [-0.2, -0.15) is 18.4 Å². The molecule has 1 atom stereocenters. The third-order valence-corrected chi connectivity index (χ3v) is 5.29. The topological polar surface area (TPSA) is 85.7 Å². The SMILES string of the molecule is COCCNC(=O)C1CN(c2ccc(C#N)c(C(F)(F)F)c2)CCN1C(=O)C1CC1. The number of amides is 2. The van der Waals surface area contributed by atoms with Crippen LogP contribution in [-0.2, 0) is 20.5 Å². The second-order valence-electron chi connectivity index (χ2n) is 7.39. The van der Waals surface area contributed by atoms with Crippen LogP contribution in [0.25, 0.3) is 0 Å². The molecule has 30 heavy (non-hydrogen) atoms. The molecule has 1 aromatic rings. The monoisotopic (exact) mass is 424 g/mol. The molecule has 1 N–H and O–H groups in total. The Labute approximate surface area is 172 Å². The maximum atomic E-state index is 13.3. The average molecular weight is 424 g/mol. The summed E-state index contributed by atoms with van der Waals surface area (Å²) in [6.45, 7) is 1.18. The summed E-state index contributed by atoms with van der Waals surface area (Å²) in [7, 11) is 1.50. The number of hydrogen-bond donors (Lipinski definition) is 1. The summed E-state index contributed by atoms with van der Waals surface area (Å²) < 4.78 is 44.9. The third kappa shape index (κ3) is 4.84. The minimum absolute atomic E-state index is 0.0699. The number of carbonyl (C=O) groups excluding carboxylic acids is 2. The minimum atomic E-state index is -4.66. The number of benzene rings is 1. The molecule has 3 rings (SSSR count). The Hall–Kier alpha value is -2.80. The number of anilines is 1. The molecule has 0 bridgehead atoms. The standard InChI is InChI=1S/C20H23F3N4O3/c1-30-9-6-25-18(28)17-12-26(7-8-27(17)19(29)13-2-3-13)15-5-4-14(11-24)16(10-15)20(21,22)23/h4-5,10,13,17H,2-3,6-9,12H2,1H3,(H,25,28). The van der Waals surface area contributed by atoms with Crippen LogP contribution in [0.2, 0.25) is 0 Å². The largest absolute Gasteiger partial charge is 0.417 e. The van der Waals surface area contributed by atoms with Crippen LogP contribution in [-0.4, -0.2) is 62.7 Å². The number of piperazine rings is 1. The molecule has 0 aromatic heterocycles. The van der Waals surface area contributed by atoms with Crippen LogP contribution in [0.3, 0.4) is 0 Å². The van der Waals surface area contributed by atoms with Crippen LogP contribution in [0.1, 0.15) is 24.0 Å². The van der Waals surface area contributed by atoms with E-state index in [1.165, 1.54) is 18.1 Å². The Bertz CT molecular complexity index is 849. The second-order valence-corrected chi connectivity index (χ2v) is 7.39. The molecule has 10 heteroatoms. The first-order valence-corrected chi connectivity index (χ1v) is 9.69. The van der Waals surface area contributed by atoms with Crippen molar-refractivity contribution in [2.75, 3.05) is 44.8 Å². The van der Waals surface area contributed by atoms with Crippen molar-refractivity contribution in [1.82, 2.24) is 10.2 Å². The molecule has 1 saturated heterocycles. The lowest BCUT2D eigenvalue weighted by atomic mass is 10.0. The van der Waals surface area contributed by atoms with Crippen LogP contribution in [0.15, 0.2) is 18.2 Å². The molecule has 2 amide bonds. The van der Waals surface area contributed by atoms with Gasteiger partial charge in [-0.25, -0.2) is 0 Å². The Kier molecular flexibility index (Phi) is 6.51. The summed E-state index contributed by atoms with van der Waals surface area (Å²) in [5, 5.41) is 11.7. The summed E-state index contributed by atoms with van der Waals surface area (Å²) in [4.78, 5) is 28.5. The van der Waals surface area contributed by atoms with Crippen molar-refractivity contribution in [3.63, 3.8) is 0 Å². The lowest BCUT2D eigenvalue weighted by Crippen LogP contribution is -2.61. The van der Waals surface area contributed by atoms with E-state index in [0.29, 0.717) is 13.2 Å². The van der Waals surface area contributed by atoms with Crippen molar-refractivity contribution >= 4 is 17.5 Å². The van der Waals surface area contributed by atoms with Gasteiger partial charge in [0, 0.05) is 44.9 Å². The summed E-state index contributed by atoms with van der Waals surface area (Å²) in [5.41, 5.74) is -1.21. The van der Waals surface area contributed by atoms with Gasteiger partial charge < -0.3 is 19.9 Å². The summed E-state index contributed by atoms with van der Waals surface area (Å²) in [5.74, 6) is -0.523. The summed E-state index contributed by atoms with van der Waals surface area (Å²) in [6, 6.07) is 4.25. The molecule has 0 spiro atoms. The average Bonchev–Trinajstić information content (AvgIpc) is 3.57. The number of nitrogens with one attached hydrogen (secondary N) is 1. The van der Waals surface area contributed by atoms with Gasteiger partial charge in [-0.3, -0.25) is 9.59 Å². The zero-order valence-corrected chi connectivity index (χ0v) is 16.5. The van der Waals surface area contributed by atoms with Crippen LogP contribution in [0, 0.1) is 17.2 Å². The molecule has 2 aliphatic rings. The van der Waals surface area contributed by atoms with Gasteiger partial charge in [-0.1, -0.05) is 0 Å². The normalized spacial score (nSPS) is 19.4. The van der Waals surface area contributed by atoms with Crippen LogP contribution < -0.4 is 10.2 Å². The van der Waals surface area contributed by atoms with E-state index in [2.05, 4.69) is 5.32 Å². The number of ether oxygens (including phenoxy) is 1. The van der Waals surface area contributed by atoms with Crippen molar-refractivity contribution in [3.8, 4) is 6.07 Å². The molecule has 2 fully saturated rings. The highest BCUT2D eigenvalue weighted by Gasteiger charge is 2.42. The lowest BCUT2D eigenvalue weighted by molar-refractivity contribution is -0.142. The quantitative estimate of drug-likeness (QED) is 0.704. The number of nitrogens with zero attached hydrogens (tertiary/aromatic N) is 3. The fourth-order valence-corrected chi connectivity index (χ4v) is 3.53. The second kappa shape index (κ2) is 8.92. The minimum Gasteiger partial charge on any atom is -0.383 e. The third-order valence-electron chi connectivity index (χ3n) is 5.29. The van der Waals surface area contributed by atoms with Crippen molar-refractivity contribution in [2.45, 2.75) is 25.1 Å². The van der Waals surface area contributed by atoms with Gasteiger partial charge in [0.05, 0.1) is 23.8 Å². The lowest BCUT2D eigenvalue weighted by Gasteiger charge is -2.42. The van der Waals surface area contributed by atoms with Crippen molar-refractivity contribution in [3.05, 3.63) is 29.3 Å². The van der Waals surface area contributed by atoms with Gasteiger partial charge >= 0.3 is 6.18 Å². The molecule has 1 aromatic carbocycles. The van der Waals surface area contributed by atoms with E-state index in [1.54, 1.807) is 11.0 Å². The van der Waals surface area contributed by atoms with Crippen LogP contribution in [0.5, 0.6) is 0 Å². The van der Waals surface area contributed by atoms with Crippen molar-refractivity contribution in [1.29, 1.82) is 5.26 Å². The van der Waals surface area contributed by atoms with Gasteiger partial charge in [-0.15, -0.1) is 0 Å². The molecule has 1 unspecified atom stereocenters. The number of carbonyl (C=O) groups is 2. The van der Waals surface area contributed by atoms with Gasteiger partial charge in [-0.05, 0) is 31.0 Å².